The Morgan fingerprint density at radius 3 is 2.80 bits per heavy atom. The summed E-state index contributed by atoms with van der Waals surface area (Å²) < 4.78 is 5.64. The Kier molecular flexibility index (Phi) is 5.04. The molecule has 4 heteroatoms. The zero-order valence-corrected chi connectivity index (χ0v) is 12.5. The summed E-state index contributed by atoms with van der Waals surface area (Å²) in [6.45, 7) is 3.26. The van der Waals surface area contributed by atoms with E-state index in [1.165, 1.54) is 19.3 Å². The highest BCUT2D eigenvalue weighted by atomic mass is 16.5. The highest BCUT2D eigenvalue weighted by Crippen LogP contribution is 2.37. The normalized spacial score (nSPS) is 10.6. The Morgan fingerprint density at radius 2 is 2.15 bits per heavy atom. The third-order valence-corrected chi connectivity index (χ3v) is 3.50. The zero-order chi connectivity index (χ0) is 14.4. The first-order valence-corrected chi connectivity index (χ1v) is 7.14. The van der Waals surface area contributed by atoms with Crippen molar-refractivity contribution in [3.8, 4) is 17.0 Å². The fourth-order valence-corrected chi connectivity index (χ4v) is 2.37. The Balaban J connectivity index is 2.27. The van der Waals surface area contributed by atoms with Gasteiger partial charge in [0.05, 0.1) is 31.0 Å². The van der Waals surface area contributed by atoms with Crippen molar-refractivity contribution < 1.29 is 4.74 Å². The van der Waals surface area contributed by atoms with Crippen LogP contribution in [0.2, 0.25) is 0 Å². The number of anilines is 1. The van der Waals surface area contributed by atoms with E-state index in [9.17, 15) is 0 Å². The number of rotatable bonds is 7. The Morgan fingerprint density at radius 1 is 1.30 bits per heavy atom. The number of hydrogen-bond acceptors (Lipinski definition) is 3. The molecule has 1 heterocycles. The van der Waals surface area contributed by atoms with Gasteiger partial charge in [0.1, 0.15) is 0 Å². The van der Waals surface area contributed by atoms with Crippen molar-refractivity contribution in [1.29, 1.82) is 0 Å². The molecule has 2 rings (SSSR count). The summed E-state index contributed by atoms with van der Waals surface area (Å²) in [6.07, 6.45) is 7.20. The van der Waals surface area contributed by atoms with E-state index in [1.54, 1.807) is 13.4 Å². The molecule has 0 spiro atoms. The average molecular weight is 273 g/mol. The number of nitrogens with zero attached hydrogens (tertiary/aromatic N) is 2. The van der Waals surface area contributed by atoms with Gasteiger partial charge in [0.25, 0.3) is 0 Å². The molecule has 108 valence electrons. The van der Waals surface area contributed by atoms with Crippen LogP contribution < -0.4 is 9.64 Å². The number of H-pyrrole nitrogens is 1. The predicted molar refractivity (Wildman–Crippen MR) is 83.4 cm³/mol. The number of ether oxygens (including phenoxy) is 1. The van der Waals surface area contributed by atoms with Gasteiger partial charge in [-0.2, -0.15) is 0 Å². The summed E-state index contributed by atoms with van der Waals surface area (Å²) >= 11 is 0. The lowest BCUT2D eigenvalue weighted by molar-refractivity contribution is 0.416. The lowest BCUT2D eigenvalue weighted by Crippen LogP contribution is -2.19. The molecule has 1 aromatic carbocycles. The molecule has 1 N–H and O–H groups in total. The Labute approximate surface area is 120 Å². The molecular weight excluding hydrogens is 250 g/mol. The van der Waals surface area contributed by atoms with Crippen molar-refractivity contribution in [2.45, 2.75) is 26.2 Å². The maximum Gasteiger partial charge on any atom is 0.151 e. The third kappa shape index (κ3) is 3.13. The molecule has 0 amide bonds. The number of aromatic amines is 1. The lowest BCUT2D eigenvalue weighted by Gasteiger charge is -2.23. The van der Waals surface area contributed by atoms with E-state index in [-0.39, 0.29) is 0 Å². The molecule has 0 bridgehead atoms. The molecule has 0 radical (unpaired) electrons. The lowest BCUT2D eigenvalue weighted by atomic mass is 10.1. The number of imidazole rings is 1. The summed E-state index contributed by atoms with van der Waals surface area (Å²) in [5.74, 6) is 0.899. The fraction of sp³-hybridized carbons (Fsp3) is 0.438. The van der Waals surface area contributed by atoms with E-state index in [1.807, 2.05) is 6.20 Å². The van der Waals surface area contributed by atoms with Gasteiger partial charge in [-0.25, -0.2) is 4.98 Å². The van der Waals surface area contributed by atoms with Gasteiger partial charge in [0.15, 0.2) is 5.75 Å². The molecule has 0 fully saturated rings. The van der Waals surface area contributed by atoms with Gasteiger partial charge in [-0.3, -0.25) is 0 Å². The standard InChI is InChI=1S/C16H23N3O/c1-4-5-6-10-19(2)15-9-7-8-13(16(15)20-3)14-11-17-12-18-14/h7-9,11-12H,4-6,10H2,1-3H3,(H,17,18). The van der Waals surface area contributed by atoms with Crippen molar-refractivity contribution in [2.75, 3.05) is 25.6 Å². The molecule has 0 aliphatic rings. The highest BCUT2D eigenvalue weighted by molar-refractivity contribution is 5.76. The molecule has 0 aliphatic heterocycles. The third-order valence-electron chi connectivity index (χ3n) is 3.50. The van der Waals surface area contributed by atoms with Gasteiger partial charge < -0.3 is 14.6 Å². The van der Waals surface area contributed by atoms with Crippen LogP contribution in [0.25, 0.3) is 11.3 Å². The second-order valence-electron chi connectivity index (χ2n) is 4.95. The van der Waals surface area contributed by atoms with Crippen molar-refractivity contribution in [1.82, 2.24) is 9.97 Å². The van der Waals surface area contributed by atoms with Gasteiger partial charge in [-0.15, -0.1) is 0 Å². The first-order valence-electron chi connectivity index (χ1n) is 7.14. The highest BCUT2D eigenvalue weighted by Gasteiger charge is 2.14. The van der Waals surface area contributed by atoms with Crippen LogP contribution >= 0.6 is 0 Å². The minimum atomic E-state index is 0.899. The number of hydrogen-bond donors (Lipinski definition) is 1. The second kappa shape index (κ2) is 6.98. The van der Waals surface area contributed by atoms with Crippen molar-refractivity contribution in [3.63, 3.8) is 0 Å². The summed E-state index contributed by atoms with van der Waals surface area (Å²) in [5.41, 5.74) is 3.14. The van der Waals surface area contributed by atoms with Gasteiger partial charge >= 0.3 is 0 Å². The monoisotopic (exact) mass is 273 g/mol. The van der Waals surface area contributed by atoms with Gasteiger partial charge in [0, 0.05) is 19.2 Å². The molecule has 20 heavy (non-hydrogen) atoms. The van der Waals surface area contributed by atoms with Crippen LogP contribution in [-0.4, -0.2) is 30.7 Å². The largest absolute Gasteiger partial charge is 0.494 e. The maximum absolute atomic E-state index is 5.64. The van der Waals surface area contributed by atoms with E-state index in [2.05, 4.69) is 47.0 Å². The Hall–Kier alpha value is -1.97. The number of methoxy groups -OCH3 is 1. The fourth-order valence-electron chi connectivity index (χ4n) is 2.37. The molecule has 0 unspecified atom stereocenters. The van der Waals surface area contributed by atoms with Gasteiger partial charge in [0.2, 0.25) is 0 Å². The first-order chi connectivity index (χ1) is 9.77. The number of para-hydroxylation sites is 1. The van der Waals surface area contributed by atoms with E-state index in [0.29, 0.717) is 0 Å². The summed E-state index contributed by atoms with van der Waals surface area (Å²) in [5, 5.41) is 0. The van der Waals surface area contributed by atoms with Gasteiger partial charge in [-0.1, -0.05) is 25.8 Å². The van der Waals surface area contributed by atoms with Gasteiger partial charge in [-0.05, 0) is 18.6 Å². The first kappa shape index (κ1) is 14.4. The zero-order valence-electron chi connectivity index (χ0n) is 12.5. The van der Waals surface area contributed by atoms with Crippen molar-refractivity contribution in [3.05, 3.63) is 30.7 Å². The molecule has 0 saturated carbocycles. The minimum absolute atomic E-state index is 0.899. The molecule has 0 saturated heterocycles. The smallest absolute Gasteiger partial charge is 0.151 e. The van der Waals surface area contributed by atoms with Crippen LogP contribution in [0.1, 0.15) is 26.2 Å². The van der Waals surface area contributed by atoms with Crippen molar-refractivity contribution in [2.24, 2.45) is 0 Å². The van der Waals surface area contributed by atoms with Crippen LogP contribution in [0, 0.1) is 0 Å². The molecule has 0 aliphatic carbocycles. The number of benzene rings is 1. The van der Waals surface area contributed by atoms with Crippen LogP contribution in [0.15, 0.2) is 30.7 Å². The van der Waals surface area contributed by atoms with E-state index in [0.717, 1.165) is 29.2 Å². The number of nitrogens with one attached hydrogen (secondary N) is 1. The van der Waals surface area contributed by atoms with Crippen LogP contribution in [0.3, 0.4) is 0 Å². The minimum Gasteiger partial charge on any atom is -0.494 e. The number of aromatic nitrogens is 2. The molecule has 0 atom stereocenters. The van der Waals surface area contributed by atoms with Crippen molar-refractivity contribution >= 4 is 5.69 Å². The summed E-state index contributed by atoms with van der Waals surface area (Å²) in [4.78, 5) is 9.48. The van der Waals surface area contributed by atoms with E-state index < -0.39 is 0 Å². The van der Waals surface area contributed by atoms with E-state index >= 15 is 0 Å². The Bertz CT molecular complexity index is 523. The number of unbranched alkanes of at least 4 members (excludes halogenated alkanes) is 2. The van der Waals surface area contributed by atoms with E-state index in [4.69, 9.17) is 4.74 Å². The summed E-state index contributed by atoms with van der Waals surface area (Å²) in [7, 11) is 3.84. The van der Waals surface area contributed by atoms with Crippen LogP contribution in [0.5, 0.6) is 5.75 Å². The SMILES string of the molecule is CCCCCN(C)c1cccc(-c2cnc[nH]2)c1OC. The molecular formula is C16H23N3O. The molecule has 1 aromatic heterocycles. The predicted octanol–water partition coefficient (Wildman–Crippen LogP) is 3.71. The second-order valence-corrected chi connectivity index (χ2v) is 4.95. The van der Waals surface area contributed by atoms with Crippen LogP contribution in [0.4, 0.5) is 5.69 Å². The molecule has 2 aromatic rings. The topological polar surface area (TPSA) is 41.2 Å². The maximum atomic E-state index is 5.64. The quantitative estimate of drug-likeness (QED) is 0.782. The molecule has 4 nitrogen and oxygen atoms in total. The summed E-state index contributed by atoms with van der Waals surface area (Å²) in [6, 6.07) is 6.21. The van der Waals surface area contributed by atoms with Crippen LogP contribution in [-0.2, 0) is 0 Å². The average Bonchev–Trinajstić information content (AvgIpc) is 3.00.